The molecule has 2 rings (SSSR count). The van der Waals surface area contributed by atoms with Gasteiger partial charge in [0.05, 0.1) is 0 Å². The minimum absolute atomic E-state index is 0.472. The Hall–Kier alpha value is -0.0800. The van der Waals surface area contributed by atoms with Gasteiger partial charge in [-0.25, -0.2) is 0 Å². The van der Waals surface area contributed by atoms with E-state index < -0.39 is 0 Å². The van der Waals surface area contributed by atoms with Crippen molar-refractivity contribution in [2.45, 2.75) is 0 Å². The van der Waals surface area contributed by atoms with Crippen LogP contribution in [0.4, 0.5) is 0 Å². The molecule has 0 unspecified atom stereocenters. The predicted molar refractivity (Wildman–Crippen MR) is 27.0 cm³/mol. The topological polar surface area (TPSA) is 24.1 Å². The highest BCUT2D eigenvalue weighted by Crippen LogP contribution is 2.33. The van der Waals surface area contributed by atoms with Gasteiger partial charge in [-0.05, 0) is 0 Å². The third-order valence-corrected chi connectivity index (χ3v) is 1.64. The zero-order valence-electron chi connectivity index (χ0n) is 4.07. The van der Waals surface area contributed by atoms with Crippen LogP contribution in [-0.4, -0.2) is 13.1 Å². The molecule has 2 aliphatic rings. The maximum atomic E-state index is 3.11. The molecule has 0 aromatic carbocycles. The fraction of sp³-hybridized carbons (Fsp3) is 0.600. The maximum Gasteiger partial charge on any atom is 0.0324 e. The van der Waals surface area contributed by atoms with Crippen LogP contribution in [0.5, 0.6) is 0 Å². The lowest BCUT2D eigenvalue weighted by atomic mass is 9.76. The maximum absolute atomic E-state index is 3.11. The van der Waals surface area contributed by atoms with Gasteiger partial charge in [0.1, 0.15) is 0 Å². The van der Waals surface area contributed by atoms with E-state index in [9.17, 15) is 0 Å². The van der Waals surface area contributed by atoms with E-state index in [0.717, 1.165) is 13.1 Å². The predicted octanol–water partition coefficient (Wildman–Crippen LogP) is -0.497. The van der Waals surface area contributed by atoms with Crippen molar-refractivity contribution in [1.82, 2.24) is 10.6 Å². The second-order valence-electron chi connectivity index (χ2n) is 2.28. The van der Waals surface area contributed by atoms with Crippen LogP contribution in [0.1, 0.15) is 0 Å². The zero-order chi connectivity index (χ0) is 4.74. The quantitative estimate of drug-likeness (QED) is 0.425. The summed E-state index contributed by atoms with van der Waals surface area (Å²) in [4.78, 5) is 0. The molecule has 0 atom stereocenters. The van der Waals surface area contributed by atoms with E-state index in [1.54, 1.807) is 0 Å². The molecule has 2 fully saturated rings. The van der Waals surface area contributed by atoms with Crippen molar-refractivity contribution in [2.75, 3.05) is 13.1 Å². The molecule has 0 aliphatic carbocycles. The first kappa shape index (κ1) is 3.87. The van der Waals surface area contributed by atoms with Gasteiger partial charge in [0.25, 0.3) is 0 Å². The molecule has 0 aromatic rings. The van der Waals surface area contributed by atoms with Crippen molar-refractivity contribution in [1.29, 1.82) is 0 Å². The highest BCUT2D eigenvalue weighted by atomic mass is 15.1. The summed E-state index contributed by atoms with van der Waals surface area (Å²) in [6.45, 7) is 6.56. The molecule has 2 heteroatoms. The SMILES string of the molecule is [CH]1NCC12[CH]NC2. The number of rotatable bonds is 0. The van der Waals surface area contributed by atoms with Crippen molar-refractivity contribution in [3.8, 4) is 0 Å². The standard InChI is InChI=1S/C5H8N2/c1-5(2-6-1)3-7-4-5/h1,3,6-7H,2,4H2. The summed E-state index contributed by atoms with van der Waals surface area (Å²) < 4.78 is 0. The third kappa shape index (κ3) is 0.359. The molecular formula is C5H8N2. The van der Waals surface area contributed by atoms with E-state index in [2.05, 4.69) is 23.7 Å². The number of hydrogen-bond donors (Lipinski definition) is 2. The van der Waals surface area contributed by atoms with Gasteiger partial charge in [-0.15, -0.1) is 0 Å². The fourth-order valence-electron chi connectivity index (χ4n) is 0.935. The van der Waals surface area contributed by atoms with Gasteiger partial charge in [0.2, 0.25) is 0 Å². The lowest BCUT2D eigenvalue weighted by Gasteiger charge is -2.49. The van der Waals surface area contributed by atoms with Crippen LogP contribution in [0.15, 0.2) is 0 Å². The summed E-state index contributed by atoms with van der Waals surface area (Å²) in [7, 11) is 0. The van der Waals surface area contributed by atoms with E-state index in [1.165, 1.54) is 0 Å². The largest absolute Gasteiger partial charge is 0.311 e. The normalized spacial score (nSPS) is 34.3. The van der Waals surface area contributed by atoms with E-state index in [1.807, 2.05) is 0 Å². The first-order chi connectivity index (χ1) is 3.41. The van der Waals surface area contributed by atoms with Gasteiger partial charge in [0.15, 0.2) is 0 Å². The lowest BCUT2D eigenvalue weighted by Crippen LogP contribution is -2.63. The Kier molecular flexibility index (Phi) is 0.557. The molecule has 2 radical (unpaired) electrons. The summed E-state index contributed by atoms with van der Waals surface area (Å²) in [6.07, 6.45) is 0. The average Bonchev–Trinajstić information content (AvgIpc) is 1.20. The van der Waals surface area contributed by atoms with Crippen LogP contribution in [0.3, 0.4) is 0 Å². The first-order valence-corrected chi connectivity index (χ1v) is 2.57. The second kappa shape index (κ2) is 1.01. The Labute approximate surface area is 43.3 Å². The molecular weight excluding hydrogens is 88.1 g/mol. The molecule has 7 heavy (non-hydrogen) atoms. The summed E-state index contributed by atoms with van der Waals surface area (Å²) in [5.41, 5.74) is 0.472. The van der Waals surface area contributed by atoms with Crippen molar-refractivity contribution >= 4 is 0 Å². The van der Waals surface area contributed by atoms with Gasteiger partial charge in [-0.2, -0.15) is 0 Å². The molecule has 0 bridgehead atoms. The minimum atomic E-state index is 0.472. The molecule has 0 amide bonds. The van der Waals surface area contributed by atoms with Crippen LogP contribution in [0, 0.1) is 18.5 Å². The smallest absolute Gasteiger partial charge is 0.0324 e. The monoisotopic (exact) mass is 96.1 g/mol. The Bertz CT molecular complexity index is 66.6. The van der Waals surface area contributed by atoms with E-state index in [0.29, 0.717) is 5.41 Å². The molecule has 2 N–H and O–H groups in total. The van der Waals surface area contributed by atoms with Crippen LogP contribution in [0.2, 0.25) is 0 Å². The number of nitrogens with one attached hydrogen (secondary N) is 2. The van der Waals surface area contributed by atoms with Crippen molar-refractivity contribution in [2.24, 2.45) is 5.41 Å². The summed E-state index contributed by atoms with van der Waals surface area (Å²) >= 11 is 0. The summed E-state index contributed by atoms with van der Waals surface area (Å²) in [6, 6.07) is 0. The molecule has 38 valence electrons. The van der Waals surface area contributed by atoms with Crippen molar-refractivity contribution < 1.29 is 0 Å². The van der Waals surface area contributed by atoms with Crippen LogP contribution in [-0.2, 0) is 0 Å². The molecule has 2 nitrogen and oxygen atoms in total. The van der Waals surface area contributed by atoms with E-state index in [4.69, 9.17) is 0 Å². The third-order valence-electron chi connectivity index (χ3n) is 1.64. The summed E-state index contributed by atoms with van der Waals surface area (Å²) in [5, 5.41) is 6.22. The van der Waals surface area contributed by atoms with Crippen LogP contribution >= 0.6 is 0 Å². The molecule has 2 saturated heterocycles. The lowest BCUT2D eigenvalue weighted by molar-refractivity contribution is 0.189. The van der Waals surface area contributed by atoms with Gasteiger partial charge in [-0.1, -0.05) is 0 Å². The van der Waals surface area contributed by atoms with Gasteiger partial charge < -0.3 is 10.6 Å². The Morgan fingerprint density at radius 1 is 1.14 bits per heavy atom. The fourth-order valence-corrected chi connectivity index (χ4v) is 0.935. The molecule has 2 aliphatic heterocycles. The highest BCUT2D eigenvalue weighted by molar-refractivity contribution is 5.16. The Morgan fingerprint density at radius 3 is 1.57 bits per heavy atom. The summed E-state index contributed by atoms with van der Waals surface area (Å²) in [5.74, 6) is 0. The van der Waals surface area contributed by atoms with Crippen molar-refractivity contribution in [3.63, 3.8) is 0 Å². The Balaban J connectivity index is 2.00. The van der Waals surface area contributed by atoms with E-state index in [-0.39, 0.29) is 0 Å². The molecule has 0 saturated carbocycles. The second-order valence-corrected chi connectivity index (χ2v) is 2.28. The minimum Gasteiger partial charge on any atom is -0.311 e. The first-order valence-electron chi connectivity index (χ1n) is 2.57. The van der Waals surface area contributed by atoms with E-state index >= 15 is 0 Å². The Morgan fingerprint density at radius 2 is 1.57 bits per heavy atom. The van der Waals surface area contributed by atoms with Gasteiger partial charge in [0, 0.05) is 31.6 Å². The van der Waals surface area contributed by atoms with Crippen LogP contribution in [0.25, 0.3) is 0 Å². The van der Waals surface area contributed by atoms with Crippen molar-refractivity contribution in [3.05, 3.63) is 13.1 Å². The zero-order valence-corrected chi connectivity index (χ0v) is 4.07. The van der Waals surface area contributed by atoms with Gasteiger partial charge >= 0.3 is 0 Å². The number of hydrogen-bond acceptors (Lipinski definition) is 2. The van der Waals surface area contributed by atoms with Gasteiger partial charge in [-0.3, -0.25) is 0 Å². The average molecular weight is 96.1 g/mol. The highest BCUT2D eigenvalue weighted by Gasteiger charge is 2.43. The molecule has 2 heterocycles. The molecule has 0 aromatic heterocycles. The van der Waals surface area contributed by atoms with Crippen LogP contribution < -0.4 is 10.6 Å². The molecule has 1 spiro atoms.